The molecular weight excluding hydrogens is 358 g/mol. The molecule has 0 aromatic heterocycles. The Balaban J connectivity index is 1.61. The van der Waals surface area contributed by atoms with Gasteiger partial charge < -0.3 is 4.90 Å². The van der Waals surface area contributed by atoms with E-state index in [0.29, 0.717) is 0 Å². The van der Waals surface area contributed by atoms with Gasteiger partial charge in [0.15, 0.2) is 0 Å². The molecule has 0 saturated carbocycles. The van der Waals surface area contributed by atoms with Crippen LogP contribution in [0.5, 0.6) is 0 Å². The van der Waals surface area contributed by atoms with E-state index in [1.165, 1.54) is 11.3 Å². The molecule has 3 aromatic rings. The molecule has 0 bridgehead atoms. The number of aryl methyl sites for hydroxylation is 1. The van der Waals surface area contributed by atoms with Crippen molar-refractivity contribution in [3.05, 3.63) is 78.4 Å². The molecule has 3 aromatic carbocycles. The van der Waals surface area contributed by atoms with Crippen LogP contribution in [0.4, 0.5) is 28.4 Å². The van der Waals surface area contributed by atoms with E-state index < -0.39 is 0 Å². The van der Waals surface area contributed by atoms with Crippen molar-refractivity contribution in [1.82, 2.24) is 0 Å². The molecule has 0 atom stereocenters. The second-order valence-corrected chi connectivity index (χ2v) is 6.63. The zero-order chi connectivity index (χ0) is 20.5. The Morgan fingerprint density at radius 1 is 0.517 bits per heavy atom. The number of nitrogens with zero attached hydrogens (tertiary/aromatic N) is 5. The lowest BCUT2D eigenvalue weighted by atomic mass is 10.2. The summed E-state index contributed by atoms with van der Waals surface area (Å²) in [6.07, 6.45) is 1.02. The van der Waals surface area contributed by atoms with Crippen LogP contribution in [0.2, 0.25) is 0 Å². The minimum Gasteiger partial charge on any atom is -0.372 e. The SMILES string of the molecule is CCc1ccc(N=Nc2ccc(N=Nc3ccc(N(CC)CC)cc3)cc2)cc1. The molecule has 0 aliphatic carbocycles. The van der Waals surface area contributed by atoms with E-state index in [9.17, 15) is 0 Å². The first-order chi connectivity index (χ1) is 14.2. The standard InChI is InChI=1S/C24H27N5/c1-4-19-7-9-20(10-8-19)25-26-21-11-13-22(14-12-21)27-28-23-15-17-24(18-16-23)29(5-2)6-3/h7-18H,4-6H2,1-3H3. The molecule has 0 spiro atoms. The van der Waals surface area contributed by atoms with E-state index in [1.807, 2.05) is 48.5 Å². The van der Waals surface area contributed by atoms with Crippen molar-refractivity contribution in [2.75, 3.05) is 18.0 Å². The van der Waals surface area contributed by atoms with E-state index in [4.69, 9.17) is 0 Å². The van der Waals surface area contributed by atoms with Gasteiger partial charge in [-0.2, -0.15) is 20.5 Å². The highest BCUT2D eigenvalue weighted by Crippen LogP contribution is 2.25. The molecular formula is C24H27N5. The Labute approximate surface area is 172 Å². The summed E-state index contributed by atoms with van der Waals surface area (Å²) in [5.41, 5.74) is 5.74. The van der Waals surface area contributed by atoms with Crippen LogP contribution in [0, 0.1) is 0 Å². The molecule has 5 heteroatoms. The third-order valence-corrected chi connectivity index (χ3v) is 4.73. The average molecular weight is 386 g/mol. The van der Waals surface area contributed by atoms with Gasteiger partial charge in [-0.1, -0.05) is 19.1 Å². The second-order valence-electron chi connectivity index (χ2n) is 6.63. The minimum atomic E-state index is 0.782. The minimum absolute atomic E-state index is 0.782. The van der Waals surface area contributed by atoms with Gasteiger partial charge in [0.2, 0.25) is 0 Å². The first kappa shape index (κ1) is 20.4. The van der Waals surface area contributed by atoms with Crippen LogP contribution in [0.15, 0.2) is 93.3 Å². The molecule has 0 heterocycles. The maximum Gasteiger partial charge on any atom is 0.0858 e. The molecule has 0 fully saturated rings. The van der Waals surface area contributed by atoms with Crippen LogP contribution in [0.1, 0.15) is 26.3 Å². The van der Waals surface area contributed by atoms with Gasteiger partial charge in [0.05, 0.1) is 22.7 Å². The quantitative estimate of drug-likeness (QED) is 0.363. The van der Waals surface area contributed by atoms with Gasteiger partial charge >= 0.3 is 0 Å². The molecule has 0 saturated heterocycles. The summed E-state index contributed by atoms with van der Waals surface area (Å²) in [7, 11) is 0. The smallest absolute Gasteiger partial charge is 0.0858 e. The number of anilines is 1. The molecule has 0 aliphatic rings. The fourth-order valence-corrected chi connectivity index (χ4v) is 2.93. The summed E-state index contributed by atoms with van der Waals surface area (Å²) >= 11 is 0. The lowest BCUT2D eigenvalue weighted by Gasteiger charge is -2.20. The van der Waals surface area contributed by atoms with Crippen molar-refractivity contribution in [2.24, 2.45) is 20.5 Å². The number of azo groups is 2. The lowest BCUT2D eigenvalue weighted by Crippen LogP contribution is -2.21. The molecule has 0 amide bonds. The van der Waals surface area contributed by atoms with Crippen LogP contribution in [-0.4, -0.2) is 13.1 Å². The van der Waals surface area contributed by atoms with Gasteiger partial charge in [0, 0.05) is 18.8 Å². The van der Waals surface area contributed by atoms with E-state index in [2.05, 4.69) is 70.4 Å². The van der Waals surface area contributed by atoms with Gasteiger partial charge in [-0.3, -0.25) is 0 Å². The molecule has 0 N–H and O–H groups in total. The molecule has 0 aliphatic heterocycles. The third kappa shape index (κ3) is 5.82. The van der Waals surface area contributed by atoms with Gasteiger partial charge in [-0.15, -0.1) is 0 Å². The largest absolute Gasteiger partial charge is 0.372 e. The summed E-state index contributed by atoms with van der Waals surface area (Å²) < 4.78 is 0. The monoisotopic (exact) mass is 385 g/mol. The Hall–Kier alpha value is -3.34. The highest BCUT2D eigenvalue weighted by Gasteiger charge is 2.01. The lowest BCUT2D eigenvalue weighted by molar-refractivity contribution is 0.866. The molecule has 29 heavy (non-hydrogen) atoms. The molecule has 0 radical (unpaired) electrons. The summed E-state index contributed by atoms with van der Waals surface area (Å²) in [6, 6.07) is 23.8. The fraction of sp³-hybridized carbons (Fsp3) is 0.250. The third-order valence-electron chi connectivity index (χ3n) is 4.73. The van der Waals surface area contributed by atoms with E-state index in [1.54, 1.807) is 0 Å². The molecule has 5 nitrogen and oxygen atoms in total. The molecule has 3 rings (SSSR count). The van der Waals surface area contributed by atoms with Crippen LogP contribution >= 0.6 is 0 Å². The van der Waals surface area contributed by atoms with Gasteiger partial charge in [0.1, 0.15) is 0 Å². The van der Waals surface area contributed by atoms with Crippen LogP contribution in [-0.2, 0) is 6.42 Å². The number of hydrogen-bond acceptors (Lipinski definition) is 5. The normalized spacial score (nSPS) is 11.4. The second kappa shape index (κ2) is 10.3. The first-order valence-corrected chi connectivity index (χ1v) is 10.1. The topological polar surface area (TPSA) is 52.7 Å². The molecule has 0 unspecified atom stereocenters. The van der Waals surface area contributed by atoms with Gasteiger partial charge in [-0.05, 0) is 86.5 Å². The van der Waals surface area contributed by atoms with Crippen molar-refractivity contribution in [3.8, 4) is 0 Å². The Kier molecular flexibility index (Phi) is 7.22. The highest BCUT2D eigenvalue weighted by molar-refractivity contribution is 5.53. The first-order valence-electron chi connectivity index (χ1n) is 10.1. The summed E-state index contributed by atoms with van der Waals surface area (Å²) in [5, 5.41) is 17.2. The van der Waals surface area contributed by atoms with Gasteiger partial charge in [0.25, 0.3) is 0 Å². The predicted molar refractivity (Wildman–Crippen MR) is 121 cm³/mol. The van der Waals surface area contributed by atoms with Crippen molar-refractivity contribution in [3.63, 3.8) is 0 Å². The number of benzene rings is 3. The summed E-state index contributed by atoms with van der Waals surface area (Å²) in [4.78, 5) is 2.30. The Morgan fingerprint density at radius 3 is 1.21 bits per heavy atom. The van der Waals surface area contributed by atoms with Crippen LogP contribution in [0.25, 0.3) is 0 Å². The van der Waals surface area contributed by atoms with E-state index in [0.717, 1.165) is 42.3 Å². The Morgan fingerprint density at radius 2 is 0.862 bits per heavy atom. The Bertz CT molecular complexity index is 938. The van der Waals surface area contributed by atoms with Crippen LogP contribution < -0.4 is 4.90 Å². The zero-order valence-corrected chi connectivity index (χ0v) is 17.3. The summed E-state index contributed by atoms with van der Waals surface area (Å²) in [6.45, 7) is 8.43. The van der Waals surface area contributed by atoms with Crippen molar-refractivity contribution < 1.29 is 0 Å². The van der Waals surface area contributed by atoms with Gasteiger partial charge in [-0.25, -0.2) is 0 Å². The predicted octanol–water partition coefficient (Wildman–Crippen LogP) is 7.93. The van der Waals surface area contributed by atoms with E-state index in [-0.39, 0.29) is 0 Å². The number of hydrogen-bond donors (Lipinski definition) is 0. The maximum atomic E-state index is 4.32. The number of rotatable bonds is 8. The zero-order valence-electron chi connectivity index (χ0n) is 17.3. The molecule has 148 valence electrons. The van der Waals surface area contributed by atoms with Crippen molar-refractivity contribution >= 4 is 28.4 Å². The average Bonchev–Trinajstić information content (AvgIpc) is 2.79. The van der Waals surface area contributed by atoms with E-state index >= 15 is 0 Å². The summed E-state index contributed by atoms with van der Waals surface area (Å²) in [5.74, 6) is 0. The van der Waals surface area contributed by atoms with Crippen molar-refractivity contribution in [1.29, 1.82) is 0 Å². The fourth-order valence-electron chi connectivity index (χ4n) is 2.93. The highest BCUT2D eigenvalue weighted by atomic mass is 15.1. The van der Waals surface area contributed by atoms with Crippen LogP contribution in [0.3, 0.4) is 0 Å². The van der Waals surface area contributed by atoms with Crippen molar-refractivity contribution in [2.45, 2.75) is 27.2 Å². The maximum absolute atomic E-state index is 4.32.